The van der Waals surface area contributed by atoms with Crippen molar-refractivity contribution in [1.29, 1.82) is 0 Å². The lowest BCUT2D eigenvalue weighted by Gasteiger charge is -2.21. The van der Waals surface area contributed by atoms with Crippen molar-refractivity contribution in [3.05, 3.63) is 0 Å². The van der Waals surface area contributed by atoms with E-state index < -0.39 is 5.97 Å². The summed E-state index contributed by atoms with van der Waals surface area (Å²) in [5, 5.41) is 20.2. The van der Waals surface area contributed by atoms with Crippen molar-refractivity contribution >= 4 is 17.8 Å². The molecule has 47 heavy (non-hydrogen) atoms. The largest absolute Gasteiger partial charge is 0.481 e. The first-order chi connectivity index (χ1) is 21.9. The number of aliphatic carboxylic acids is 1. The van der Waals surface area contributed by atoms with Crippen molar-refractivity contribution in [2.75, 3.05) is 54.4 Å². The SMILES string of the molecule is C.CC(=O)O.CCCCCCC(O)CCCC(=O)NCCC[NH+](C)C.CCCCCCCCC1CCCC(=O)O1.CN(C)CCCN. The van der Waals surface area contributed by atoms with E-state index >= 15 is 0 Å². The fraction of sp³-hybridized carbons (Fsp3) is 0.919. The highest BCUT2D eigenvalue weighted by Gasteiger charge is 2.19. The van der Waals surface area contributed by atoms with E-state index in [0.717, 1.165) is 90.9 Å². The number of carbonyl (C=O) groups is 3. The molecular weight excluding hydrogens is 596 g/mol. The van der Waals surface area contributed by atoms with Gasteiger partial charge in [0.25, 0.3) is 5.97 Å². The number of hydrogen-bond acceptors (Lipinski definition) is 7. The molecule has 0 aliphatic carbocycles. The third-order valence-corrected chi connectivity index (χ3v) is 7.40. The summed E-state index contributed by atoms with van der Waals surface area (Å²) >= 11 is 0. The van der Waals surface area contributed by atoms with Crippen molar-refractivity contribution < 1.29 is 34.2 Å². The topological polar surface area (TPSA) is 147 Å². The molecule has 10 nitrogen and oxygen atoms in total. The monoisotopic (exact) mass is 678 g/mol. The van der Waals surface area contributed by atoms with Gasteiger partial charge in [-0.15, -0.1) is 0 Å². The molecule has 0 bridgehead atoms. The number of nitrogens with two attached hydrogens (primary N) is 1. The molecule has 10 heteroatoms. The van der Waals surface area contributed by atoms with Crippen molar-refractivity contribution in [2.45, 2.75) is 169 Å². The summed E-state index contributed by atoms with van der Waals surface area (Å²) in [7, 11) is 8.33. The number of aliphatic hydroxyl groups excluding tert-OH is 1. The maximum atomic E-state index is 11.6. The van der Waals surface area contributed by atoms with E-state index in [0.29, 0.717) is 12.8 Å². The first-order valence-electron chi connectivity index (χ1n) is 18.4. The van der Waals surface area contributed by atoms with Gasteiger partial charge in [-0.3, -0.25) is 14.4 Å². The average molecular weight is 678 g/mol. The van der Waals surface area contributed by atoms with Crippen molar-refractivity contribution in [1.82, 2.24) is 10.2 Å². The molecule has 1 heterocycles. The fourth-order valence-electron chi connectivity index (χ4n) is 4.75. The molecule has 1 aliphatic rings. The molecule has 1 rings (SSSR count). The third-order valence-electron chi connectivity index (χ3n) is 7.40. The van der Waals surface area contributed by atoms with E-state index in [-0.39, 0.29) is 31.5 Å². The number of quaternary nitrogens is 1. The first-order valence-corrected chi connectivity index (χ1v) is 18.4. The second-order valence-electron chi connectivity index (χ2n) is 13.1. The summed E-state index contributed by atoms with van der Waals surface area (Å²) in [5.74, 6) is -0.700. The summed E-state index contributed by atoms with van der Waals surface area (Å²) < 4.78 is 5.28. The van der Waals surface area contributed by atoms with Crippen LogP contribution in [0.2, 0.25) is 0 Å². The standard InChI is InChI=1S/C16H34N2O2.C13H24O2.C5H14N2.C2H4O2.CH4/c1-4-5-6-7-10-15(19)11-8-12-16(20)17-13-9-14-18(2)3;1-2-3-4-5-6-7-9-12-10-8-11-13(14)15-12;1-7(2)5-3-4-6;1-2(3)4;/h15,19H,4-14H2,1-3H3,(H,17,20);12H,2-11H2,1H3;3-6H2,1-2H3;1H3,(H,3,4);1H4/p+1. The summed E-state index contributed by atoms with van der Waals surface area (Å²) in [6.07, 6.45) is 21.6. The average Bonchev–Trinajstić information content (AvgIpc) is 2.98. The van der Waals surface area contributed by atoms with Crippen LogP contribution in [0.15, 0.2) is 0 Å². The van der Waals surface area contributed by atoms with E-state index in [1.165, 1.54) is 62.7 Å². The van der Waals surface area contributed by atoms with Gasteiger partial charge in [0, 0.05) is 32.7 Å². The number of amides is 1. The van der Waals surface area contributed by atoms with Gasteiger partial charge >= 0.3 is 5.97 Å². The number of carbonyl (C=O) groups excluding carboxylic acids is 2. The van der Waals surface area contributed by atoms with Gasteiger partial charge < -0.3 is 35.8 Å². The molecule has 0 aromatic carbocycles. The summed E-state index contributed by atoms with van der Waals surface area (Å²) in [5.41, 5.74) is 5.25. The molecule has 1 aliphatic heterocycles. The first kappa shape index (κ1) is 52.1. The Morgan fingerprint density at radius 3 is 2.02 bits per heavy atom. The molecule has 2 unspecified atom stereocenters. The molecule has 0 radical (unpaired) electrons. The second kappa shape index (κ2) is 40.4. The van der Waals surface area contributed by atoms with Gasteiger partial charge in [-0.2, -0.15) is 0 Å². The zero-order valence-corrected chi connectivity index (χ0v) is 31.2. The zero-order chi connectivity index (χ0) is 35.4. The smallest absolute Gasteiger partial charge is 0.306 e. The number of rotatable bonds is 23. The fourth-order valence-corrected chi connectivity index (χ4v) is 4.75. The predicted octanol–water partition coefficient (Wildman–Crippen LogP) is 5.60. The Bertz CT molecular complexity index is 675. The minimum absolute atomic E-state index is 0. The van der Waals surface area contributed by atoms with Gasteiger partial charge in [0.05, 0.1) is 26.7 Å². The number of esters is 1. The van der Waals surface area contributed by atoms with Gasteiger partial charge in [-0.25, -0.2) is 0 Å². The lowest BCUT2D eigenvalue weighted by molar-refractivity contribution is -0.858. The van der Waals surface area contributed by atoms with E-state index in [1.54, 1.807) is 0 Å². The van der Waals surface area contributed by atoms with Crippen LogP contribution in [0.25, 0.3) is 0 Å². The van der Waals surface area contributed by atoms with Crippen LogP contribution < -0.4 is 16.0 Å². The number of unbranched alkanes of at least 4 members (excludes halogenated alkanes) is 8. The Labute approximate surface area is 290 Å². The van der Waals surface area contributed by atoms with E-state index in [1.807, 2.05) is 0 Å². The highest BCUT2D eigenvalue weighted by atomic mass is 16.5. The van der Waals surface area contributed by atoms with Crippen molar-refractivity contribution in [2.24, 2.45) is 5.73 Å². The molecule has 2 atom stereocenters. The molecule has 0 aromatic heterocycles. The molecule has 1 fully saturated rings. The third kappa shape index (κ3) is 51.3. The molecule has 1 saturated heterocycles. The quantitative estimate of drug-likeness (QED) is 0.0695. The molecule has 0 aromatic rings. The molecular formula is C37H81N4O6+. The van der Waals surface area contributed by atoms with Crippen molar-refractivity contribution in [3.8, 4) is 0 Å². The van der Waals surface area contributed by atoms with E-state index in [9.17, 15) is 14.7 Å². The predicted molar refractivity (Wildman–Crippen MR) is 198 cm³/mol. The highest BCUT2D eigenvalue weighted by molar-refractivity contribution is 5.75. The van der Waals surface area contributed by atoms with Crippen LogP contribution in [0.1, 0.15) is 157 Å². The van der Waals surface area contributed by atoms with Gasteiger partial charge in [0.15, 0.2) is 0 Å². The lowest BCUT2D eigenvalue weighted by Crippen LogP contribution is -3.05. The molecule has 0 spiro atoms. The van der Waals surface area contributed by atoms with Crippen molar-refractivity contribution in [3.63, 3.8) is 0 Å². The number of nitrogens with one attached hydrogen (secondary N) is 2. The number of nitrogens with zero attached hydrogens (tertiary/aromatic N) is 1. The summed E-state index contributed by atoms with van der Waals surface area (Å²) in [6, 6.07) is 0. The number of carboxylic acids is 1. The van der Waals surface area contributed by atoms with Gasteiger partial charge in [0.2, 0.25) is 5.91 Å². The number of ether oxygens (including phenoxy) is 1. The van der Waals surface area contributed by atoms with Crippen LogP contribution in [0, 0.1) is 0 Å². The van der Waals surface area contributed by atoms with Crippen LogP contribution in [-0.4, -0.2) is 99.5 Å². The lowest BCUT2D eigenvalue weighted by atomic mass is 10.0. The van der Waals surface area contributed by atoms with Crippen LogP contribution in [0.5, 0.6) is 0 Å². The summed E-state index contributed by atoms with van der Waals surface area (Å²) in [6.45, 7) is 9.27. The van der Waals surface area contributed by atoms with Crippen LogP contribution >= 0.6 is 0 Å². The Morgan fingerprint density at radius 2 is 1.51 bits per heavy atom. The maximum absolute atomic E-state index is 11.6. The molecule has 1 amide bonds. The van der Waals surface area contributed by atoms with Crippen LogP contribution in [0.4, 0.5) is 0 Å². The highest BCUT2D eigenvalue weighted by Crippen LogP contribution is 2.19. The zero-order valence-electron chi connectivity index (χ0n) is 31.2. The number of aliphatic hydroxyl groups is 1. The summed E-state index contributed by atoms with van der Waals surface area (Å²) in [4.78, 5) is 35.1. The number of hydrogen-bond donors (Lipinski definition) is 5. The maximum Gasteiger partial charge on any atom is 0.306 e. The van der Waals surface area contributed by atoms with Crippen LogP contribution in [-0.2, 0) is 19.1 Å². The van der Waals surface area contributed by atoms with E-state index in [4.69, 9.17) is 20.4 Å². The number of cyclic esters (lactones) is 1. The van der Waals surface area contributed by atoms with E-state index in [2.05, 4.69) is 52.3 Å². The van der Waals surface area contributed by atoms with Gasteiger partial charge in [0.1, 0.15) is 6.10 Å². The molecule has 6 N–H and O–H groups in total. The van der Waals surface area contributed by atoms with Gasteiger partial charge in [-0.1, -0.05) is 79.1 Å². The van der Waals surface area contributed by atoms with Gasteiger partial charge in [-0.05, 0) is 78.6 Å². The second-order valence-corrected chi connectivity index (χ2v) is 13.1. The minimum atomic E-state index is -0.833. The Balaban J connectivity index is -0.000000299. The molecule has 284 valence electrons. The Hall–Kier alpha value is -1.75. The minimum Gasteiger partial charge on any atom is -0.481 e. The number of carboxylic acid groups (broad SMARTS) is 1. The normalized spacial score (nSPS) is 14.3. The Kier molecular flexibility index (Phi) is 44.8. The Morgan fingerprint density at radius 1 is 0.957 bits per heavy atom. The van der Waals surface area contributed by atoms with Crippen LogP contribution in [0.3, 0.4) is 0 Å². The molecule has 0 saturated carbocycles.